The summed E-state index contributed by atoms with van der Waals surface area (Å²) < 4.78 is 0. The van der Waals surface area contributed by atoms with E-state index >= 15 is 0 Å². The zero-order valence-electron chi connectivity index (χ0n) is 13.3. The number of hydrogen-bond donors (Lipinski definition) is 1. The lowest BCUT2D eigenvalue weighted by molar-refractivity contribution is -0.138. The van der Waals surface area contributed by atoms with Gasteiger partial charge in [-0.15, -0.1) is 0 Å². The summed E-state index contributed by atoms with van der Waals surface area (Å²) >= 11 is 0. The van der Waals surface area contributed by atoms with Gasteiger partial charge in [-0.3, -0.25) is 9.69 Å². The molecule has 0 aliphatic carbocycles. The number of carbonyl (C=O) groups excluding carboxylic acids is 1. The van der Waals surface area contributed by atoms with Crippen molar-refractivity contribution in [3.05, 3.63) is 0 Å². The lowest BCUT2D eigenvalue weighted by atomic mass is 9.96. The number of hydrogen-bond acceptors (Lipinski definition) is 4. The number of piperidine rings is 1. The van der Waals surface area contributed by atoms with E-state index in [1.54, 1.807) is 0 Å². The first kappa shape index (κ1) is 15.7. The fraction of sp³-hybridized carbons (Fsp3) is 0.933. The molecule has 0 saturated carbocycles. The second kappa shape index (κ2) is 7.38. The monoisotopic (exact) mass is 282 g/mol. The Kier molecular flexibility index (Phi) is 5.81. The fourth-order valence-electron chi connectivity index (χ4n) is 3.34. The highest BCUT2D eigenvalue weighted by Gasteiger charge is 2.29. The van der Waals surface area contributed by atoms with Crippen LogP contribution >= 0.6 is 0 Å². The van der Waals surface area contributed by atoms with Crippen molar-refractivity contribution >= 4 is 5.91 Å². The van der Waals surface area contributed by atoms with Crippen LogP contribution in [0.1, 0.15) is 19.8 Å². The molecule has 5 heteroatoms. The van der Waals surface area contributed by atoms with Crippen molar-refractivity contribution in [1.29, 1.82) is 0 Å². The number of likely N-dealkylation sites (tertiary alicyclic amines) is 1. The summed E-state index contributed by atoms with van der Waals surface area (Å²) in [7, 11) is 4.26. The Morgan fingerprint density at radius 2 is 1.80 bits per heavy atom. The van der Waals surface area contributed by atoms with Crippen LogP contribution in [0, 0.1) is 5.92 Å². The smallest absolute Gasteiger partial charge is 0.239 e. The molecule has 2 saturated heterocycles. The van der Waals surface area contributed by atoms with E-state index in [0.717, 1.165) is 64.6 Å². The van der Waals surface area contributed by atoms with Crippen LogP contribution in [0.4, 0.5) is 0 Å². The average Bonchev–Trinajstić information content (AvgIpc) is 2.47. The second-order valence-electron chi connectivity index (χ2n) is 6.49. The largest absolute Gasteiger partial charge is 0.341 e. The summed E-state index contributed by atoms with van der Waals surface area (Å²) in [5.74, 6) is 1.08. The zero-order chi connectivity index (χ0) is 14.5. The first-order chi connectivity index (χ1) is 9.58. The van der Waals surface area contributed by atoms with Crippen LogP contribution in [0.3, 0.4) is 0 Å². The SMILES string of the molecule is CC(C(=O)N1CCC(CN(C)C)CC1)N1CCNCC1. The molecule has 1 N–H and O–H groups in total. The fourth-order valence-corrected chi connectivity index (χ4v) is 3.34. The summed E-state index contributed by atoms with van der Waals surface area (Å²) in [6.45, 7) is 9.08. The van der Waals surface area contributed by atoms with Gasteiger partial charge in [0, 0.05) is 45.8 Å². The first-order valence-corrected chi connectivity index (χ1v) is 7.96. The van der Waals surface area contributed by atoms with Crippen LogP contribution in [0.15, 0.2) is 0 Å². The van der Waals surface area contributed by atoms with Gasteiger partial charge in [-0.25, -0.2) is 0 Å². The zero-order valence-corrected chi connectivity index (χ0v) is 13.3. The third kappa shape index (κ3) is 4.17. The van der Waals surface area contributed by atoms with Gasteiger partial charge in [-0.1, -0.05) is 0 Å². The van der Waals surface area contributed by atoms with E-state index in [1.807, 2.05) is 0 Å². The molecule has 2 aliphatic heterocycles. The molecule has 1 amide bonds. The molecule has 1 atom stereocenters. The predicted octanol–water partition coefficient (Wildman–Crippen LogP) is 0.0803. The summed E-state index contributed by atoms with van der Waals surface area (Å²) in [5, 5.41) is 3.34. The highest BCUT2D eigenvalue weighted by atomic mass is 16.2. The van der Waals surface area contributed by atoms with Crippen LogP contribution < -0.4 is 5.32 Å². The Morgan fingerprint density at radius 3 is 2.35 bits per heavy atom. The maximum Gasteiger partial charge on any atom is 0.239 e. The Bertz CT molecular complexity index is 307. The molecule has 0 aromatic rings. The summed E-state index contributed by atoms with van der Waals surface area (Å²) in [6.07, 6.45) is 2.30. The first-order valence-electron chi connectivity index (χ1n) is 7.96. The van der Waals surface area contributed by atoms with Crippen molar-refractivity contribution in [3.63, 3.8) is 0 Å². The minimum Gasteiger partial charge on any atom is -0.341 e. The Balaban J connectivity index is 1.78. The van der Waals surface area contributed by atoms with Crippen LogP contribution in [0.5, 0.6) is 0 Å². The van der Waals surface area contributed by atoms with Crippen LogP contribution in [-0.2, 0) is 4.79 Å². The van der Waals surface area contributed by atoms with Crippen molar-refractivity contribution in [2.45, 2.75) is 25.8 Å². The van der Waals surface area contributed by atoms with Crippen molar-refractivity contribution in [2.75, 3.05) is 59.9 Å². The molecule has 0 aromatic heterocycles. The maximum atomic E-state index is 12.6. The maximum absolute atomic E-state index is 12.6. The van der Waals surface area contributed by atoms with E-state index in [-0.39, 0.29) is 6.04 Å². The number of rotatable bonds is 4. The predicted molar refractivity (Wildman–Crippen MR) is 81.8 cm³/mol. The molecule has 2 fully saturated rings. The number of amides is 1. The van der Waals surface area contributed by atoms with E-state index in [9.17, 15) is 4.79 Å². The molecule has 5 nitrogen and oxygen atoms in total. The van der Waals surface area contributed by atoms with Gasteiger partial charge in [-0.05, 0) is 39.8 Å². The summed E-state index contributed by atoms with van der Waals surface area (Å²) in [5.41, 5.74) is 0. The molecule has 2 heterocycles. The molecule has 0 radical (unpaired) electrons. The molecule has 1 unspecified atom stereocenters. The molecular weight excluding hydrogens is 252 g/mol. The molecule has 0 aromatic carbocycles. The minimum atomic E-state index is 0.0440. The standard InChI is InChI=1S/C15H30N4O/c1-13(18-10-6-16-7-11-18)15(20)19-8-4-14(5-9-19)12-17(2)3/h13-14,16H,4-12H2,1-3H3. The summed E-state index contributed by atoms with van der Waals surface area (Å²) in [6, 6.07) is 0.0440. The van der Waals surface area contributed by atoms with E-state index in [2.05, 4.69) is 41.0 Å². The quantitative estimate of drug-likeness (QED) is 0.793. The van der Waals surface area contributed by atoms with E-state index in [4.69, 9.17) is 0 Å². The normalized spacial score (nSPS) is 24.1. The number of carbonyl (C=O) groups is 1. The third-order valence-electron chi connectivity index (χ3n) is 4.61. The molecule has 2 aliphatic rings. The topological polar surface area (TPSA) is 38.8 Å². The molecule has 116 valence electrons. The molecule has 2 rings (SSSR count). The van der Waals surface area contributed by atoms with Gasteiger partial charge in [0.05, 0.1) is 6.04 Å². The Morgan fingerprint density at radius 1 is 1.20 bits per heavy atom. The van der Waals surface area contributed by atoms with Crippen molar-refractivity contribution in [1.82, 2.24) is 20.0 Å². The molecular formula is C15H30N4O. The van der Waals surface area contributed by atoms with Gasteiger partial charge in [0.15, 0.2) is 0 Å². The van der Waals surface area contributed by atoms with Gasteiger partial charge in [0.1, 0.15) is 0 Å². The Hall–Kier alpha value is -0.650. The van der Waals surface area contributed by atoms with Gasteiger partial charge >= 0.3 is 0 Å². The van der Waals surface area contributed by atoms with Crippen LogP contribution in [0.2, 0.25) is 0 Å². The van der Waals surface area contributed by atoms with Gasteiger partial charge in [0.2, 0.25) is 5.91 Å². The van der Waals surface area contributed by atoms with Gasteiger partial charge < -0.3 is 15.1 Å². The minimum absolute atomic E-state index is 0.0440. The number of nitrogens with one attached hydrogen (secondary N) is 1. The number of nitrogens with zero attached hydrogens (tertiary/aromatic N) is 3. The van der Waals surface area contributed by atoms with Crippen molar-refractivity contribution < 1.29 is 4.79 Å². The molecule has 0 bridgehead atoms. The van der Waals surface area contributed by atoms with Crippen LogP contribution in [0.25, 0.3) is 0 Å². The lowest BCUT2D eigenvalue weighted by Gasteiger charge is -2.38. The highest BCUT2D eigenvalue weighted by Crippen LogP contribution is 2.19. The second-order valence-corrected chi connectivity index (χ2v) is 6.49. The average molecular weight is 282 g/mol. The Labute approximate surface area is 123 Å². The molecule has 20 heavy (non-hydrogen) atoms. The van der Waals surface area contributed by atoms with E-state index in [0.29, 0.717) is 5.91 Å². The lowest BCUT2D eigenvalue weighted by Crippen LogP contribution is -2.54. The van der Waals surface area contributed by atoms with Crippen LogP contribution in [-0.4, -0.2) is 86.6 Å². The number of piperazine rings is 1. The summed E-state index contributed by atoms with van der Waals surface area (Å²) in [4.78, 5) is 19.2. The highest BCUT2D eigenvalue weighted by molar-refractivity contribution is 5.81. The molecule has 0 spiro atoms. The third-order valence-corrected chi connectivity index (χ3v) is 4.61. The van der Waals surface area contributed by atoms with Gasteiger partial charge in [0.25, 0.3) is 0 Å². The van der Waals surface area contributed by atoms with Gasteiger partial charge in [-0.2, -0.15) is 0 Å². The van der Waals surface area contributed by atoms with E-state index < -0.39 is 0 Å². The van der Waals surface area contributed by atoms with Crippen molar-refractivity contribution in [2.24, 2.45) is 5.92 Å². The van der Waals surface area contributed by atoms with Crippen molar-refractivity contribution in [3.8, 4) is 0 Å². The van der Waals surface area contributed by atoms with E-state index in [1.165, 1.54) is 0 Å².